The van der Waals surface area contributed by atoms with Gasteiger partial charge in [0.1, 0.15) is 23.4 Å². The van der Waals surface area contributed by atoms with E-state index in [-0.39, 0.29) is 12.3 Å². The second-order valence-electron chi connectivity index (χ2n) is 10.7. The fraction of sp³-hybridized carbons (Fsp3) is 0.500. The van der Waals surface area contributed by atoms with Crippen LogP contribution >= 0.6 is 0 Å². The molecule has 0 saturated carbocycles. The van der Waals surface area contributed by atoms with E-state index in [1.54, 1.807) is 45.9 Å². The Morgan fingerprint density at radius 3 is 2.28 bits per heavy atom. The molecule has 2 atom stereocenters. The molecule has 0 aromatic heterocycles. The van der Waals surface area contributed by atoms with Crippen LogP contribution in [0.3, 0.4) is 0 Å². The first-order valence-electron chi connectivity index (χ1n) is 13.4. The number of aryl methyl sites for hydroxylation is 2. The van der Waals surface area contributed by atoms with E-state index in [2.05, 4.69) is 17.6 Å². The van der Waals surface area contributed by atoms with Gasteiger partial charge in [0.25, 0.3) is 5.91 Å². The highest BCUT2D eigenvalue weighted by Gasteiger charge is 2.36. The largest absolute Gasteiger partial charge is 0.508 e. The number of amides is 3. The number of aromatic hydroxyl groups is 1. The fourth-order valence-electron chi connectivity index (χ4n) is 4.15. The number of unbranched alkanes of at least 4 members (excludes halogenated alkanes) is 3. The molecule has 0 aliphatic carbocycles. The number of hydrogen-bond acceptors (Lipinski definition) is 6. The molecule has 0 saturated heterocycles. The van der Waals surface area contributed by atoms with E-state index >= 15 is 0 Å². The third-order valence-corrected chi connectivity index (χ3v) is 6.21. The van der Waals surface area contributed by atoms with Crippen LogP contribution in [0.1, 0.15) is 76.1 Å². The minimum Gasteiger partial charge on any atom is -0.508 e. The van der Waals surface area contributed by atoms with E-state index in [0.717, 1.165) is 24.8 Å². The number of benzene rings is 2. The zero-order valence-corrected chi connectivity index (χ0v) is 23.9. The number of aliphatic hydroxyl groups is 1. The van der Waals surface area contributed by atoms with E-state index in [4.69, 9.17) is 4.74 Å². The van der Waals surface area contributed by atoms with Crippen molar-refractivity contribution in [1.29, 1.82) is 0 Å². The lowest BCUT2D eigenvalue weighted by Gasteiger charge is -2.34. The number of aliphatic hydroxyl groups excluding tert-OH is 1. The molecule has 2 aromatic carbocycles. The molecule has 2 unspecified atom stereocenters. The van der Waals surface area contributed by atoms with Crippen LogP contribution in [0.2, 0.25) is 0 Å². The van der Waals surface area contributed by atoms with Crippen molar-refractivity contribution >= 4 is 23.6 Å². The van der Waals surface area contributed by atoms with Gasteiger partial charge in [0.15, 0.2) is 0 Å². The molecule has 2 rings (SSSR count). The van der Waals surface area contributed by atoms with Gasteiger partial charge in [-0.3, -0.25) is 9.59 Å². The molecular weight excluding hydrogens is 498 g/mol. The summed E-state index contributed by atoms with van der Waals surface area (Å²) in [4.78, 5) is 41.6. The van der Waals surface area contributed by atoms with Gasteiger partial charge in [0.05, 0.1) is 6.61 Å². The molecule has 9 heteroatoms. The Balaban J connectivity index is 2.52. The Kier molecular flexibility index (Phi) is 11.8. The predicted molar refractivity (Wildman–Crippen MR) is 151 cm³/mol. The summed E-state index contributed by atoms with van der Waals surface area (Å²) < 4.78 is 5.29. The SMILES string of the molecule is CCCCCCN(C(=O)C(CO)NC(=O)OC(C)(C)C)C(C(=O)Nc1ccccc1C)c1ccc(O)c(C)c1. The summed E-state index contributed by atoms with van der Waals surface area (Å²) in [5.74, 6) is -1.000. The summed E-state index contributed by atoms with van der Waals surface area (Å²) in [7, 11) is 0. The van der Waals surface area contributed by atoms with Crippen molar-refractivity contribution in [2.24, 2.45) is 0 Å². The molecule has 39 heavy (non-hydrogen) atoms. The highest BCUT2D eigenvalue weighted by atomic mass is 16.6. The van der Waals surface area contributed by atoms with Gasteiger partial charge in [-0.25, -0.2) is 4.79 Å². The van der Waals surface area contributed by atoms with Crippen LogP contribution < -0.4 is 10.6 Å². The molecule has 3 amide bonds. The maximum atomic E-state index is 13.9. The normalized spacial score (nSPS) is 12.8. The lowest BCUT2D eigenvalue weighted by atomic mass is 9.99. The minimum atomic E-state index is -1.32. The van der Waals surface area contributed by atoms with E-state index < -0.39 is 42.2 Å². The molecule has 0 aliphatic heterocycles. The Morgan fingerprint density at radius 2 is 1.69 bits per heavy atom. The molecule has 0 aliphatic rings. The first-order chi connectivity index (χ1) is 18.4. The third kappa shape index (κ3) is 9.58. The number of hydrogen-bond donors (Lipinski definition) is 4. The van der Waals surface area contributed by atoms with Gasteiger partial charge in [-0.15, -0.1) is 0 Å². The first kappa shape index (κ1) is 31.6. The fourth-order valence-corrected chi connectivity index (χ4v) is 4.15. The summed E-state index contributed by atoms with van der Waals surface area (Å²) in [6.45, 7) is 10.3. The van der Waals surface area contributed by atoms with Gasteiger partial charge in [0.2, 0.25) is 5.91 Å². The number of nitrogens with one attached hydrogen (secondary N) is 2. The lowest BCUT2D eigenvalue weighted by molar-refractivity contribution is -0.141. The molecule has 214 valence electrons. The van der Waals surface area contributed by atoms with Crippen LogP contribution in [0.15, 0.2) is 42.5 Å². The minimum absolute atomic E-state index is 0.0671. The van der Waals surface area contributed by atoms with Crippen molar-refractivity contribution < 1.29 is 29.3 Å². The maximum Gasteiger partial charge on any atom is 0.408 e. The van der Waals surface area contributed by atoms with Gasteiger partial charge >= 0.3 is 6.09 Å². The average molecular weight is 542 g/mol. The first-order valence-corrected chi connectivity index (χ1v) is 13.4. The predicted octanol–water partition coefficient (Wildman–Crippen LogP) is 4.98. The van der Waals surface area contributed by atoms with Crippen molar-refractivity contribution in [1.82, 2.24) is 10.2 Å². The Morgan fingerprint density at radius 1 is 1.00 bits per heavy atom. The Labute approximate surface area is 231 Å². The number of anilines is 1. The second-order valence-corrected chi connectivity index (χ2v) is 10.7. The summed E-state index contributed by atoms with van der Waals surface area (Å²) in [6.07, 6.45) is 2.56. The van der Waals surface area contributed by atoms with Gasteiger partial charge in [-0.05, 0) is 75.9 Å². The van der Waals surface area contributed by atoms with Gasteiger partial charge in [-0.2, -0.15) is 0 Å². The molecule has 0 spiro atoms. The molecule has 0 fully saturated rings. The van der Waals surface area contributed by atoms with E-state index in [9.17, 15) is 24.6 Å². The van der Waals surface area contributed by atoms with E-state index in [1.807, 2.05) is 25.1 Å². The highest BCUT2D eigenvalue weighted by molar-refractivity contribution is 5.99. The number of phenols is 1. The maximum absolute atomic E-state index is 13.9. The number of carbonyl (C=O) groups excluding carboxylic acids is 3. The number of alkyl carbamates (subject to hydrolysis) is 1. The number of carbonyl (C=O) groups is 3. The third-order valence-electron chi connectivity index (χ3n) is 6.21. The monoisotopic (exact) mass is 541 g/mol. The molecule has 2 aromatic rings. The van der Waals surface area contributed by atoms with Crippen LogP contribution in [0, 0.1) is 13.8 Å². The lowest BCUT2D eigenvalue weighted by Crippen LogP contribution is -2.54. The van der Waals surface area contributed by atoms with E-state index in [0.29, 0.717) is 23.2 Å². The number of rotatable bonds is 12. The second kappa shape index (κ2) is 14.5. The van der Waals surface area contributed by atoms with Crippen molar-refractivity contribution in [3.8, 4) is 5.75 Å². The van der Waals surface area contributed by atoms with Crippen molar-refractivity contribution in [2.45, 2.75) is 84.9 Å². The van der Waals surface area contributed by atoms with Crippen LogP contribution in [0.4, 0.5) is 10.5 Å². The van der Waals surface area contributed by atoms with Gasteiger partial charge < -0.3 is 30.5 Å². The van der Waals surface area contributed by atoms with E-state index in [1.165, 1.54) is 11.0 Å². The van der Waals surface area contributed by atoms with Crippen molar-refractivity contribution in [3.63, 3.8) is 0 Å². The van der Waals surface area contributed by atoms with Crippen LogP contribution in [0.25, 0.3) is 0 Å². The zero-order valence-electron chi connectivity index (χ0n) is 23.9. The van der Waals surface area contributed by atoms with Crippen LogP contribution in [0.5, 0.6) is 5.75 Å². The Bertz CT molecular complexity index is 1130. The van der Waals surface area contributed by atoms with Crippen molar-refractivity contribution in [3.05, 3.63) is 59.2 Å². The summed E-state index contributed by atoms with van der Waals surface area (Å²) in [5, 5.41) is 25.6. The molecule has 0 radical (unpaired) electrons. The molecule has 9 nitrogen and oxygen atoms in total. The summed E-state index contributed by atoms with van der Waals surface area (Å²) in [6, 6.07) is 9.67. The molecule has 4 N–H and O–H groups in total. The van der Waals surface area contributed by atoms with Crippen molar-refractivity contribution in [2.75, 3.05) is 18.5 Å². The smallest absolute Gasteiger partial charge is 0.408 e. The van der Waals surface area contributed by atoms with Crippen LogP contribution in [-0.2, 0) is 14.3 Å². The van der Waals surface area contributed by atoms with Crippen LogP contribution in [-0.4, -0.2) is 57.8 Å². The summed E-state index contributed by atoms with van der Waals surface area (Å²) in [5.41, 5.74) is 1.70. The number of phenolic OH excluding ortho intramolecular Hbond substituents is 1. The number of nitrogens with zero attached hydrogens (tertiary/aromatic N) is 1. The molecule has 0 heterocycles. The Hall–Kier alpha value is -3.59. The standard InChI is InChI=1S/C30H43N3O6/c1-7-8-9-12-17-33(28(37)24(19-34)32-29(38)39-30(4,5)6)26(22-15-16-25(35)21(3)18-22)27(36)31-23-14-11-10-13-20(23)2/h10-11,13-16,18,24,26,34-35H,7-9,12,17,19H2,1-6H3,(H,31,36)(H,32,38). The van der Waals surface area contributed by atoms with Gasteiger partial charge in [-0.1, -0.05) is 50.5 Å². The van der Waals surface area contributed by atoms with Gasteiger partial charge in [0, 0.05) is 12.2 Å². The number of para-hydroxylation sites is 1. The molecular formula is C30H43N3O6. The zero-order chi connectivity index (χ0) is 29.2. The summed E-state index contributed by atoms with van der Waals surface area (Å²) >= 11 is 0. The number of ether oxygens (including phenoxy) is 1. The average Bonchev–Trinajstić information content (AvgIpc) is 2.86. The molecule has 0 bridgehead atoms. The highest BCUT2D eigenvalue weighted by Crippen LogP contribution is 2.29. The topological polar surface area (TPSA) is 128 Å². The quantitative estimate of drug-likeness (QED) is 0.281.